The van der Waals surface area contributed by atoms with Crippen molar-refractivity contribution in [2.45, 2.75) is 20.8 Å². The SMILES string of the molecule is C.CCc1ccc(B(O)c2cccs2)cc1. The highest BCUT2D eigenvalue weighted by Crippen LogP contribution is 2.00. The van der Waals surface area contributed by atoms with E-state index in [0.717, 1.165) is 16.7 Å². The summed E-state index contributed by atoms with van der Waals surface area (Å²) in [5.74, 6) is 0. The van der Waals surface area contributed by atoms with Crippen LogP contribution in [0.1, 0.15) is 19.9 Å². The third kappa shape index (κ3) is 2.74. The molecular weight excluding hydrogens is 215 g/mol. The van der Waals surface area contributed by atoms with E-state index in [-0.39, 0.29) is 7.43 Å². The van der Waals surface area contributed by atoms with E-state index in [1.807, 2.05) is 29.6 Å². The second-order valence-corrected chi connectivity index (χ2v) is 4.49. The maximum absolute atomic E-state index is 10.1. The molecule has 2 aromatic rings. The molecule has 1 heterocycles. The molecule has 1 aromatic carbocycles. The van der Waals surface area contributed by atoms with Crippen molar-refractivity contribution < 1.29 is 5.02 Å². The summed E-state index contributed by atoms with van der Waals surface area (Å²) in [6.07, 6.45) is 1.04. The molecule has 1 nitrogen and oxygen atoms in total. The summed E-state index contributed by atoms with van der Waals surface area (Å²) in [5, 5.41) is 12.0. The van der Waals surface area contributed by atoms with E-state index in [9.17, 15) is 5.02 Å². The van der Waals surface area contributed by atoms with Crippen molar-refractivity contribution in [1.29, 1.82) is 0 Å². The fraction of sp³-hybridized carbons (Fsp3) is 0.231. The van der Waals surface area contributed by atoms with Crippen LogP contribution in [-0.2, 0) is 6.42 Å². The average molecular weight is 232 g/mol. The first-order chi connectivity index (χ1) is 7.31. The molecule has 0 amide bonds. The third-order valence-corrected chi connectivity index (χ3v) is 3.44. The summed E-state index contributed by atoms with van der Waals surface area (Å²) >= 11 is 1.59. The van der Waals surface area contributed by atoms with Crippen LogP contribution >= 0.6 is 11.3 Å². The van der Waals surface area contributed by atoms with Gasteiger partial charge >= 0.3 is 6.92 Å². The van der Waals surface area contributed by atoms with Crippen molar-refractivity contribution in [2.75, 3.05) is 0 Å². The summed E-state index contributed by atoms with van der Waals surface area (Å²) in [6.45, 7) is 1.65. The Morgan fingerprint density at radius 3 is 2.38 bits per heavy atom. The molecule has 16 heavy (non-hydrogen) atoms. The lowest BCUT2D eigenvalue weighted by Gasteiger charge is -2.05. The van der Waals surface area contributed by atoms with Gasteiger partial charge in [-0.1, -0.05) is 50.7 Å². The lowest BCUT2D eigenvalue weighted by Crippen LogP contribution is -2.40. The normalized spacial score (nSPS) is 9.62. The van der Waals surface area contributed by atoms with Crippen LogP contribution in [0, 0.1) is 0 Å². The monoisotopic (exact) mass is 232 g/mol. The Morgan fingerprint density at radius 1 is 1.19 bits per heavy atom. The Bertz CT molecular complexity index is 408. The van der Waals surface area contributed by atoms with Gasteiger partial charge in [0.05, 0.1) is 0 Å². The first kappa shape index (κ1) is 13.0. The van der Waals surface area contributed by atoms with Gasteiger partial charge in [-0.2, -0.15) is 11.3 Å². The summed E-state index contributed by atoms with van der Waals surface area (Å²) < 4.78 is 0.999. The van der Waals surface area contributed by atoms with Crippen molar-refractivity contribution >= 4 is 28.5 Å². The van der Waals surface area contributed by atoms with Gasteiger partial charge in [-0.05, 0) is 22.8 Å². The zero-order valence-corrected chi connectivity index (χ0v) is 9.50. The second-order valence-electron chi connectivity index (χ2n) is 3.51. The molecule has 0 unspecified atom stereocenters. The standard InChI is InChI=1S/C12H13BOS.CH4/c1-2-10-5-7-11(8-6-10)13(14)12-4-3-9-15-12;/h3-9,14H,2H2,1H3;1H4. The van der Waals surface area contributed by atoms with Crippen LogP contribution in [0.3, 0.4) is 0 Å². The topological polar surface area (TPSA) is 20.2 Å². The lowest BCUT2D eigenvalue weighted by molar-refractivity contribution is 0.601. The number of thiophene rings is 1. The molecule has 84 valence electrons. The zero-order valence-electron chi connectivity index (χ0n) is 8.68. The number of hydrogen-bond acceptors (Lipinski definition) is 2. The Kier molecular flexibility index (Phi) is 4.78. The fourth-order valence-corrected chi connectivity index (χ4v) is 2.28. The smallest absolute Gasteiger partial charge is 0.369 e. The highest BCUT2D eigenvalue weighted by molar-refractivity contribution is 7.22. The van der Waals surface area contributed by atoms with Crippen molar-refractivity contribution in [2.24, 2.45) is 0 Å². The van der Waals surface area contributed by atoms with Gasteiger partial charge in [0.2, 0.25) is 0 Å². The Balaban J connectivity index is 0.00000128. The zero-order chi connectivity index (χ0) is 10.7. The highest BCUT2D eigenvalue weighted by Gasteiger charge is 2.17. The predicted octanol–water partition coefficient (Wildman–Crippen LogP) is 2.04. The van der Waals surface area contributed by atoms with Crippen molar-refractivity contribution in [3.8, 4) is 0 Å². The Hall–Kier alpha value is -1.06. The molecule has 0 fully saturated rings. The molecule has 1 N–H and O–H groups in total. The lowest BCUT2D eigenvalue weighted by atomic mass is 9.60. The van der Waals surface area contributed by atoms with Crippen LogP contribution in [0.15, 0.2) is 41.8 Å². The van der Waals surface area contributed by atoms with Gasteiger partial charge in [-0.15, -0.1) is 0 Å². The average Bonchev–Trinajstić information content (AvgIpc) is 2.82. The third-order valence-electron chi connectivity index (χ3n) is 2.52. The van der Waals surface area contributed by atoms with Crippen molar-refractivity contribution in [1.82, 2.24) is 0 Å². The van der Waals surface area contributed by atoms with Crippen LogP contribution in [0.4, 0.5) is 0 Å². The quantitative estimate of drug-likeness (QED) is 0.803. The summed E-state index contributed by atoms with van der Waals surface area (Å²) in [6, 6.07) is 12.1. The van der Waals surface area contributed by atoms with Gasteiger partial charge in [-0.25, -0.2) is 0 Å². The van der Waals surface area contributed by atoms with Gasteiger partial charge in [0.15, 0.2) is 0 Å². The molecule has 0 atom stereocenters. The van der Waals surface area contributed by atoms with E-state index >= 15 is 0 Å². The molecule has 0 spiro atoms. The van der Waals surface area contributed by atoms with Gasteiger partial charge in [0.25, 0.3) is 0 Å². The number of hydrogen-bond donors (Lipinski definition) is 1. The van der Waals surface area contributed by atoms with Gasteiger partial charge < -0.3 is 5.02 Å². The highest BCUT2D eigenvalue weighted by atomic mass is 32.1. The first-order valence-corrected chi connectivity index (χ1v) is 5.99. The predicted molar refractivity (Wildman–Crippen MR) is 74.1 cm³/mol. The molecule has 0 aliphatic rings. The molecule has 0 saturated carbocycles. The maximum atomic E-state index is 10.1. The molecule has 0 aliphatic carbocycles. The van der Waals surface area contributed by atoms with Crippen LogP contribution in [0.5, 0.6) is 0 Å². The minimum Gasteiger partial charge on any atom is -0.442 e. The molecule has 0 aliphatic heterocycles. The maximum Gasteiger partial charge on any atom is 0.369 e. The Labute approximate surface area is 102 Å². The summed E-state index contributed by atoms with van der Waals surface area (Å²) in [4.78, 5) is 0. The minimum atomic E-state index is -0.476. The largest absolute Gasteiger partial charge is 0.442 e. The van der Waals surface area contributed by atoms with Crippen LogP contribution in [0.2, 0.25) is 0 Å². The second kappa shape index (κ2) is 5.87. The first-order valence-electron chi connectivity index (χ1n) is 5.11. The number of benzene rings is 1. The molecule has 0 bridgehead atoms. The molecular formula is C13H17BOS. The number of rotatable bonds is 3. The van der Waals surface area contributed by atoms with Gasteiger partial charge in [-0.3, -0.25) is 0 Å². The number of aryl methyl sites for hydroxylation is 1. The van der Waals surface area contributed by atoms with E-state index in [1.165, 1.54) is 5.56 Å². The summed E-state index contributed by atoms with van der Waals surface area (Å²) in [5.41, 5.74) is 2.27. The van der Waals surface area contributed by atoms with Crippen LogP contribution in [-0.4, -0.2) is 11.9 Å². The van der Waals surface area contributed by atoms with Gasteiger partial charge in [0, 0.05) is 4.78 Å². The van der Waals surface area contributed by atoms with E-state index in [2.05, 4.69) is 19.1 Å². The van der Waals surface area contributed by atoms with Crippen LogP contribution in [0.25, 0.3) is 0 Å². The molecule has 2 rings (SSSR count). The van der Waals surface area contributed by atoms with Crippen LogP contribution < -0.4 is 10.2 Å². The fourth-order valence-electron chi connectivity index (χ4n) is 1.55. The Morgan fingerprint density at radius 2 is 1.88 bits per heavy atom. The molecule has 3 heteroatoms. The van der Waals surface area contributed by atoms with Gasteiger partial charge in [0.1, 0.15) is 0 Å². The van der Waals surface area contributed by atoms with E-state index in [0.29, 0.717) is 0 Å². The molecule has 0 radical (unpaired) electrons. The van der Waals surface area contributed by atoms with E-state index < -0.39 is 6.92 Å². The molecule has 1 aromatic heterocycles. The van der Waals surface area contributed by atoms with E-state index in [1.54, 1.807) is 11.3 Å². The minimum absolute atomic E-state index is 0. The van der Waals surface area contributed by atoms with E-state index in [4.69, 9.17) is 0 Å². The summed E-state index contributed by atoms with van der Waals surface area (Å²) in [7, 11) is 0. The van der Waals surface area contributed by atoms with Crippen molar-refractivity contribution in [3.05, 3.63) is 47.3 Å². The molecule has 0 saturated heterocycles. The van der Waals surface area contributed by atoms with Crippen molar-refractivity contribution in [3.63, 3.8) is 0 Å².